The van der Waals surface area contributed by atoms with Crippen LogP contribution in [0.3, 0.4) is 0 Å². The van der Waals surface area contributed by atoms with Crippen molar-refractivity contribution in [1.82, 2.24) is 10.5 Å². The van der Waals surface area contributed by atoms with Gasteiger partial charge in [-0.05, 0) is 0 Å². The van der Waals surface area contributed by atoms with Gasteiger partial charge in [-0.15, -0.1) is 0 Å². The molecular weight excluding hydrogens is 188 g/mol. The van der Waals surface area contributed by atoms with Crippen LogP contribution in [0.25, 0.3) is 0 Å². The van der Waals surface area contributed by atoms with Gasteiger partial charge in [-0.2, -0.15) is 5.26 Å². The van der Waals surface area contributed by atoms with Crippen LogP contribution in [0, 0.1) is 11.3 Å². The molecule has 0 aliphatic carbocycles. The van der Waals surface area contributed by atoms with Gasteiger partial charge in [0.05, 0.1) is 6.07 Å². The van der Waals surface area contributed by atoms with Crippen LogP contribution in [0.4, 0.5) is 5.82 Å². The summed E-state index contributed by atoms with van der Waals surface area (Å²) in [4.78, 5) is 21.9. The Labute approximate surface area is 78.7 Å². The molecule has 2 amide bonds. The van der Waals surface area contributed by atoms with Crippen molar-refractivity contribution >= 4 is 17.6 Å². The van der Waals surface area contributed by atoms with E-state index in [0.717, 1.165) is 0 Å². The summed E-state index contributed by atoms with van der Waals surface area (Å²) in [5, 5.41) is 15.7. The first-order valence-electron chi connectivity index (χ1n) is 3.60. The number of hydrogen-bond acceptors (Lipinski definition) is 5. The summed E-state index contributed by atoms with van der Waals surface area (Å²) >= 11 is 0. The maximum Gasteiger partial charge on any atom is 0.314 e. The zero-order chi connectivity index (χ0) is 10.4. The van der Waals surface area contributed by atoms with Crippen LogP contribution in [0.5, 0.6) is 0 Å². The lowest BCUT2D eigenvalue weighted by atomic mass is 10.5. The predicted octanol–water partition coefficient (Wildman–Crippen LogP) is -0.747. The highest BCUT2D eigenvalue weighted by atomic mass is 16.5. The van der Waals surface area contributed by atoms with Crippen molar-refractivity contribution in [2.24, 2.45) is 0 Å². The van der Waals surface area contributed by atoms with E-state index in [1.807, 2.05) is 0 Å². The number of hydrogen-bond donors (Lipinski definition) is 2. The zero-order valence-electron chi connectivity index (χ0n) is 6.98. The number of nitrogens with zero attached hydrogens (tertiary/aromatic N) is 2. The maximum absolute atomic E-state index is 11.0. The molecule has 1 heterocycles. The monoisotopic (exact) mass is 194 g/mol. The Balaban J connectivity index is 2.43. The molecule has 0 aliphatic heterocycles. The number of nitriles is 1. The molecule has 0 unspecified atom stereocenters. The fraction of sp³-hybridized carbons (Fsp3) is 0.143. The molecule has 0 aliphatic rings. The molecule has 7 nitrogen and oxygen atoms in total. The second kappa shape index (κ2) is 4.61. The van der Waals surface area contributed by atoms with E-state index >= 15 is 0 Å². The van der Waals surface area contributed by atoms with Crippen molar-refractivity contribution in [3.63, 3.8) is 0 Å². The van der Waals surface area contributed by atoms with E-state index in [-0.39, 0.29) is 12.4 Å². The average Bonchev–Trinajstić information content (AvgIpc) is 2.66. The SMILES string of the molecule is N#CCNC(=O)C(=O)Nc1ccon1. The molecule has 0 saturated heterocycles. The molecule has 1 aromatic heterocycles. The Morgan fingerprint density at radius 2 is 2.36 bits per heavy atom. The Morgan fingerprint density at radius 3 is 2.93 bits per heavy atom. The van der Waals surface area contributed by atoms with Crippen LogP contribution in [0.2, 0.25) is 0 Å². The number of anilines is 1. The van der Waals surface area contributed by atoms with Crippen molar-refractivity contribution in [2.75, 3.05) is 11.9 Å². The van der Waals surface area contributed by atoms with E-state index in [1.165, 1.54) is 12.3 Å². The first-order valence-corrected chi connectivity index (χ1v) is 3.60. The Bertz CT molecular complexity index is 365. The number of carbonyl (C=O) groups excluding carboxylic acids is 2. The van der Waals surface area contributed by atoms with E-state index < -0.39 is 11.8 Å². The fourth-order valence-electron chi connectivity index (χ4n) is 0.650. The summed E-state index contributed by atoms with van der Waals surface area (Å²) in [6.07, 6.45) is 1.25. The van der Waals surface area contributed by atoms with E-state index in [0.29, 0.717) is 0 Å². The van der Waals surface area contributed by atoms with Crippen LogP contribution in [0.15, 0.2) is 16.9 Å². The van der Waals surface area contributed by atoms with Crippen LogP contribution >= 0.6 is 0 Å². The molecule has 0 saturated carbocycles. The summed E-state index contributed by atoms with van der Waals surface area (Å²) in [5.74, 6) is -1.65. The highest BCUT2D eigenvalue weighted by Crippen LogP contribution is 1.99. The smallest absolute Gasteiger partial charge is 0.314 e. The molecule has 7 heteroatoms. The highest BCUT2D eigenvalue weighted by Gasteiger charge is 2.13. The van der Waals surface area contributed by atoms with Gasteiger partial charge in [-0.1, -0.05) is 5.16 Å². The van der Waals surface area contributed by atoms with Gasteiger partial charge in [0.25, 0.3) is 0 Å². The van der Waals surface area contributed by atoms with Crippen molar-refractivity contribution in [2.45, 2.75) is 0 Å². The Hall–Kier alpha value is -2.36. The van der Waals surface area contributed by atoms with Crippen LogP contribution in [-0.4, -0.2) is 23.5 Å². The standard InChI is InChI=1S/C7H6N4O3/c8-2-3-9-6(12)7(13)10-5-1-4-14-11-5/h1,4H,3H2,(H,9,12)(H,10,11,13). The van der Waals surface area contributed by atoms with Crippen LogP contribution in [0.1, 0.15) is 0 Å². The molecule has 1 rings (SSSR count). The van der Waals surface area contributed by atoms with Gasteiger partial charge in [0.15, 0.2) is 5.82 Å². The van der Waals surface area contributed by atoms with Gasteiger partial charge >= 0.3 is 11.8 Å². The minimum atomic E-state index is -0.894. The molecule has 1 aromatic rings. The van der Waals surface area contributed by atoms with Gasteiger partial charge < -0.3 is 9.84 Å². The molecule has 0 radical (unpaired) electrons. The summed E-state index contributed by atoms with van der Waals surface area (Å²) in [6, 6.07) is 3.05. The normalized spacial score (nSPS) is 8.79. The summed E-state index contributed by atoms with van der Waals surface area (Å²) in [6.45, 7) is -0.217. The van der Waals surface area contributed by atoms with E-state index in [9.17, 15) is 9.59 Å². The number of carbonyl (C=O) groups is 2. The Morgan fingerprint density at radius 1 is 1.57 bits per heavy atom. The fourth-order valence-corrected chi connectivity index (χ4v) is 0.650. The molecule has 2 N–H and O–H groups in total. The lowest BCUT2D eigenvalue weighted by Gasteiger charge is -1.99. The van der Waals surface area contributed by atoms with Crippen molar-refractivity contribution in [3.05, 3.63) is 12.3 Å². The first-order chi connectivity index (χ1) is 6.74. The third kappa shape index (κ3) is 2.60. The molecule has 14 heavy (non-hydrogen) atoms. The number of amides is 2. The maximum atomic E-state index is 11.0. The Kier molecular flexibility index (Phi) is 3.20. The van der Waals surface area contributed by atoms with Gasteiger partial charge in [0, 0.05) is 6.07 Å². The van der Waals surface area contributed by atoms with Gasteiger partial charge in [-0.3, -0.25) is 14.9 Å². The largest absolute Gasteiger partial charge is 0.363 e. The molecular formula is C7H6N4O3. The molecule has 0 fully saturated rings. The van der Waals surface area contributed by atoms with E-state index in [1.54, 1.807) is 6.07 Å². The predicted molar refractivity (Wildman–Crippen MR) is 43.8 cm³/mol. The lowest BCUT2D eigenvalue weighted by Crippen LogP contribution is -2.35. The summed E-state index contributed by atoms with van der Waals surface area (Å²) < 4.78 is 4.43. The number of aromatic nitrogens is 1. The average molecular weight is 194 g/mol. The summed E-state index contributed by atoms with van der Waals surface area (Å²) in [7, 11) is 0. The van der Waals surface area contributed by atoms with Crippen molar-refractivity contribution in [1.29, 1.82) is 5.26 Å². The highest BCUT2D eigenvalue weighted by molar-refractivity contribution is 6.39. The molecule has 0 bridgehead atoms. The van der Waals surface area contributed by atoms with E-state index in [4.69, 9.17) is 5.26 Å². The van der Waals surface area contributed by atoms with Crippen LogP contribution < -0.4 is 10.6 Å². The topological polar surface area (TPSA) is 108 Å². The van der Waals surface area contributed by atoms with E-state index in [2.05, 4.69) is 20.3 Å². The number of rotatable bonds is 2. The molecule has 0 spiro atoms. The summed E-state index contributed by atoms with van der Waals surface area (Å²) in [5.41, 5.74) is 0. The third-order valence-corrected chi connectivity index (χ3v) is 1.21. The second-order valence-electron chi connectivity index (χ2n) is 2.18. The third-order valence-electron chi connectivity index (χ3n) is 1.21. The molecule has 0 aromatic carbocycles. The lowest BCUT2D eigenvalue weighted by molar-refractivity contribution is -0.136. The number of nitrogens with one attached hydrogen (secondary N) is 2. The minimum absolute atomic E-state index is 0.141. The van der Waals surface area contributed by atoms with Crippen LogP contribution in [-0.2, 0) is 9.59 Å². The van der Waals surface area contributed by atoms with Gasteiger partial charge in [-0.25, -0.2) is 0 Å². The molecule has 72 valence electrons. The minimum Gasteiger partial charge on any atom is -0.363 e. The van der Waals surface area contributed by atoms with Gasteiger partial charge in [0.1, 0.15) is 12.8 Å². The first kappa shape index (κ1) is 9.73. The van der Waals surface area contributed by atoms with Crippen molar-refractivity contribution in [3.8, 4) is 6.07 Å². The molecule has 0 atom stereocenters. The van der Waals surface area contributed by atoms with Gasteiger partial charge in [0.2, 0.25) is 0 Å². The quantitative estimate of drug-likeness (QED) is 0.475. The zero-order valence-corrected chi connectivity index (χ0v) is 6.98. The second-order valence-corrected chi connectivity index (χ2v) is 2.18. The van der Waals surface area contributed by atoms with Crippen molar-refractivity contribution < 1.29 is 14.1 Å².